The van der Waals surface area contributed by atoms with Crippen LogP contribution in [0.5, 0.6) is 0 Å². The summed E-state index contributed by atoms with van der Waals surface area (Å²) in [6, 6.07) is 2.10. The van der Waals surface area contributed by atoms with Crippen LogP contribution in [0.1, 0.15) is 13.3 Å². The summed E-state index contributed by atoms with van der Waals surface area (Å²) in [7, 11) is 0. The molecule has 0 fully saturated rings. The summed E-state index contributed by atoms with van der Waals surface area (Å²) in [5.74, 6) is 1.13. The molecule has 0 unspecified atom stereocenters. The lowest BCUT2D eigenvalue weighted by Crippen LogP contribution is -2.25. The highest BCUT2D eigenvalue weighted by molar-refractivity contribution is 5.41. The lowest BCUT2D eigenvalue weighted by molar-refractivity contribution is 0.808. The Balaban J connectivity index is 2.74. The Kier molecular flexibility index (Phi) is 3.68. The third kappa shape index (κ3) is 2.59. The molecule has 14 heavy (non-hydrogen) atoms. The molecule has 1 aromatic heterocycles. The van der Waals surface area contributed by atoms with E-state index in [1.807, 2.05) is 11.8 Å². The quantitative estimate of drug-likeness (QED) is 0.761. The van der Waals surface area contributed by atoms with Crippen LogP contribution in [0, 0.1) is 11.3 Å². The molecule has 0 radical (unpaired) electrons. The van der Waals surface area contributed by atoms with E-state index in [1.54, 1.807) is 6.20 Å². The Morgan fingerprint density at radius 2 is 2.36 bits per heavy atom. The van der Waals surface area contributed by atoms with Gasteiger partial charge in [-0.2, -0.15) is 5.26 Å². The van der Waals surface area contributed by atoms with Crippen LogP contribution in [-0.2, 0) is 0 Å². The van der Waals surface area contributed by atoms with E-state index in [1.165, 1.54) is 6.20 Å². The van der Waals surface area contributed by atoms with Crippen molar-refractivity contribution in [1.29, 1.82) is 5.26 Å². The van der Waals surface area contributed by atoms with Crippen molar-refractivity contribution < 1.29 is 0 Å². The summed E-state index contributed by atoms with van der Waals surface area (Å²) >= 11 is 0. The first-order chi connectivity index (χ1) is 6.77. The second-order valence-corrected chi connectivity index (χ2v) is 2.79. The van der Waals surface area contributed by atoms with Gasteiger partial charge in [0.15, 0.2) is 0 Å². The lowest BCUT2D eigenvalue weighted by atomic mass is 10.4. The number of nitrogens with zero attached hydrogens (tertiary/aromatic N) is 4. The van der Waals surface area contributed by atoms with E-state index in [4.69, 9.17) is 11.0 Å². The molecule has 2 N–H and O–H groups in total. The molecule has 74 valence electrons. The number of anilines is 2. The van der Waals surface area contributed by atoms with Crippen molar-refractivity contribution in [3.63, 3.8) is 0 Å². The van der Waals surface area contributed by atoms with E-state index in [0.717, 1.165) is 12.4 Å². The van der Waals surface area contributed by atoms with Gasteiger partial charge in [0.2, 0.25) is 0 Å². The summed E-state index contributed by atoms with van der Waals surface area (Å²) < 4.78 is 0. The third-order valence-electron chi connectivity index (χ3n) is 1.84. The molecule has 0 atom stereocenters. The maximum absolute atomic E-state index is 8.47. The number of hydrogen-bond donors (Lipinski definition) is 1. The van der Waals surface area contributed by atoms with Crippen molar-refractivity contribution in [2.45, 2.75) is 13.3 Å². The molecule has 1 aromatic rings. The van der Waals surface area contributed by atoms with Crippen LogP contribution < -0.4 is 10.6 Å². The maximum atomic E-state index is 8.47. The van der Waals surface area contributed by atoms with E-state index in [0.29, 0.717) is 18.8 Å². The number of nitriles is 1. The number of rotatable bonds is 4. The van der Waals surface area contributed by atoms with Crippen molar-refractivity contribution in [2.75, 3.05) is 23.7 Å². The van der Waals surface area contributed by atoms with Gasteiger partial charge < -0.3 is 10.6 Å². The molecule has 1 heterocycles. The average Bonchev–Trinajstić information content (AvgIpc) is 2.19. The first-order valence-electron chi connectivity index (χ1n) is 4.47. The zero-order valence-corrected chi connectivity index (χ0v) is 8.14. The molecule has 0 saturated heterocycles. The summed E-state index contributed by atoms with van der Waals surface area (Å²) in [6.45, 7) is 3.45. The Labute approximate surface area is 83.2 Å². The molecule has 0 aliphatic carbocycles. The van der Waals surface area contributed by atoms with Gasteiger partial charge in [0.1, 0.15) is 11.6 Å². The molecular weight excluding hydrogens is 178 g/mol. The second-order valence-electron chi connectivity index (χ2n) is 2.79. The summed E-state index contributed by atoms with van der Waals surface area (Å²) in [5.41, 5.74) is 5.51. The number of nitrogen functional groups attached to an aromatic ring is 1. The van der Waals surface area contributed by atoms with Crippen LogP contribution in [0.4, 0.5) is 11.6 Å². The highest BCUT2D eigenvalue weighted by atomic mass is 15.2. The Hall–Kier alpha value is -1.83. The minimum absolute atomic E-state index is 0.401. The Morgan fingerprint density at radius 1 is 1.57 bits per heavy atom. The van der Waals surface area contributed by atoms with E-state index in [2.05, 4.69) is 16.0 Å². The lowest BCUT2D eigenvalue weighted by Gasteiger charge is -2.19. The SMILES string of the molecule is CCN(CCC#N)c1cncc(N)n1. The summed E-state index contributed by atoms with van der Waals surface area (Å²) in [5, 5.41) is 8.47. The van der Waals surface area contributed by atoms with Gasteiger partial charge in [-0.15, -0.1) is 0 Å². The molecule has 0 amide bonds. The monoisotopic (exact) mass is 191 g/mol. The van der Waals surface area contributed by atoms with Gasteiger partial charge in [-0.3, -0.25) is 4.98 Å². The van der Waals surface area contributed by atoms with Gasteiger partial charge in [-0.05, 0) is 6.92 Å². The molecule has 5 nitrogen and oxygen atoms in total. The molecule has 5 heteroatoms. The van der Waals surface area contributed by atoms with Crippen LogP contribution >= 0.6 is 0 Å². The van der Waals surface area contributed by atoms with Crippen molar-refractivity contribution in [3.8, 4) is 6.07 Å². The fraction of sp³-hybridized carbons (Fsp3) is 0.444. The summed E-state index contributed by atoms with van der Waals surface area (Å²) in [4.78, 5) is 10.0. The highest BCUT2D eigenvalue weighted by Crippen LogP contribution is 2.10. The van der Waals surface area contributed by atoms with Gasteiger partial charge in [0.05, 0.1) is 24.9 Å². The number of nitrogens with two attached hydrogens (primary N) is 1. The zero-order chi connectivity index (χ0) is 10.4. The standard InChI is InChI=1S/C9H13N5/c1-2-14(5-3-4-10)9-7-12-6-8(11)13-9/h6-7H,2-3,5H2,1H3,(H2,11,13). The summed E-state index contributed by atoms with van der Waals surface area (Å²) in [6.07, 6.45) is 3.63. The molecule has 0 bridgehead atoms. The minimum Gasteiger partial charge on any atom is -0.382 e. The van der Waals surface area contributed by atoms with Crippen molar-refractivity contribution in [2.24, 2.45) is 0 Å². The molecule has 0 aromatic carbocycles. The van der Waals surface area contributed by atoms with E-state index in [9.17, 15) is 0 Å². The van der Waals surface area contributed by atoms with Crippen LogP contribution in [0.2, 0.25) is 0 Å². The normalized spacial score (nSPS) is 9.43. The van der Waals surface area contributed by atoms with Crippen molar-refractivity contribution in [1.82, 2.24) is 9.97 Å². The second kappa shape index (κ2) is 5.02. The van der Waals surface area contributed by atoms with Crippen molar-refractivity contribution >= 4 is 11.6 Å². The third-order valence-corrected chi connectivity index (χ3v) is 1.84. The topological polar surface area (TPSA) is 78.8 Å². The van der Waals surface area contributed by atoms with Gasteiger partial charge in [0, 0.05) is 13.1 Å². The van der Waals surface area contributed by atoms with Crippen LogP contribution in [-0.4, -0.2) is 23.1 Å². The highest BCUT2D eigenvalue weighted by Gasteiger charge is 2.05. The molecule has 0 saturated carbocycles. The largest absolute Gasteiger partial charge is 0.382 e. The predicted molar refractivity (Wildman–Crippen MR) is 54.6 cm³/mol. The first-order valence-corrected chi connectivity index (χ1v) is 4.47. The zero-order valence-electron chi connectivity index (χ0n) is 8.14. The maximum Gasteiger partial charge on any atom is 0.149 e. The van der Waals surface area contributed by atoms with Gasteiger partial charge in [0.25, 0.3) is 0 Å². The Bertz CT molecular complexity index is 330. The Morgan fingerprint density at radius 3 is 2.93 bits per heavy atom. The van der Waals surface area contributed by atoms with Crippen LogP contribution in [0.25, 0.3) is 0 Å². The molecular formula is C9H13N5. The van der Waals surface area contributed by atoms with Crippen LogP contribution in [0.3, 0.4) is 0 Å². The van der Waals surface area contributed by atoms with Gasteiger partial charge in [-0.25, -0.2) is 4.98 Å². The smallest absolute Gasteiger partial charge is 0.149 e. The van der Waals surface area contributed by atoms with Crippen molar-refractivity contribution in [3.05, 3.63) is 12.4 Å². The fourth-order valence-corrected chi connectivity index (χ4v) is 1.14. The number of aromatic nitrogens is 2. The van der Waals surface area contributed by atoms with E-state index >= 15 is 0 Å². The van der Waals surface area contributed by atoms with Gasteiger partial charge >= 0.3 is 0 Å². The number of hydrogen-bond acceptors (Lipinski definition) is 5. The predicted octanol–water partition coefficient (Wildman–Crippen LogP) is 0.799. The average molecular weight is 191 g/mol. The van der Waals surface area contributed by atoms with Gasteiger partial charge in [-0.1, -0.05) is 0 Å². The van der Waals surface area contributed by atoms with E-state index < -0.39 is 0 Å². The molecule has 1 rings (SSSR count). The first kappa shape index (κ1) is 10.3. The minimum atomic E-state index is 0.401. The molecule has 0 aliphatic heterocycles. The van der Waals surface area contributed by atoms with E-state index in [-0.39, 0.29) is 0 Å². The molecule has 0 aliphatic rings. The fourth-order valence-electron chi connectivity index (χ4n) is 1.14. The molecule has 0 spiro atoms. The van der Waals surface area contributed by atoms with Crippen LogP contribution in [0.15, 0.2) is 12.4 Å².